The van der Waals surface area contributed by atoms with Crippen molar-refractivity contribution in [2.45, 2.75) is 23.8 Å². The minimum atomic E-state index is -3.90. The molecule has 27 heavy (non-hydrogen) atoms. The molecule has 3 amide bonds. The highest BCUT2D eigenvalue weighted by Crippen LogP contribution is 2.26. The van der Waals surface area contributed by atoms with Crippen molar-refractivity contribution in [1.29, 1.82) is 0 Å². The van der Waals surface area contributed by atoms with E-state index in [1.807, 2.05) is 0 Å². The molecule has 0 radical (unpaired) electrons. The lowest BCUT2D eigenvalue weighted by atomic mass is 10.2. The first-order valence-corrected chi connectivity index (χ1v) is 10.8. The van der Waals surface area contributed by atoms with E-state index >= 15 is 0 Å². The van der Waals surface area contributed by atoms with E-state index in [9.17, 15) is 27.2 Å². The summed E-state index contributed by atoms with van der Waals surface area (Å²) in [5.41, 5.74) is 0. The normalized spacial score (nSPS) is 20.6. The third kappa shape index (κ3) is 4.47. The molecule has 0 aromatic heterocycles. The summed E-state index contributed by atoms with van der Waals surface area (Å²) in [6, 6.07) is 4.27. The minimum Gasteiger partial charge on any atom is -0.340 e. The Bertz CT molecular complexity index is 861. The van der Waals surface area contributed by atoms with Crippen LogP contribution in [0.2, 0.25) is 0 Å². The van der Waals surface area contributed by atoms with Crippen LogP contribution in [0.3, 0.4) is 0 Å². The highest BCUT2D eigenvalue weighted by atomic mass is 32.2. The van der Waals surface area contributed by atoms with Crippen LogP contribution in [0.1, 0.15) is 12.8 Å². The summed E-state index contributed by atoms with van der Waals surface area (Å²) in [4.78, 5) is 38.3. The molecule has 1 unspecified atom stereocenters. The number of hydrogen-bond acceptors (Lipinski definition) is 6. The smallest absolute Gasteiger partial charge is 0.289 e. The van der Waals surface area contributed by atoms with Crippen LogP contribution in [-0.4, -0.2) is 66.7 Å². The molecular weight excluding hydrogens is 397 g/mol. The van der Waals surface area contributed by atoms with Gasteiger partial charge >= 0.3 is 0 Å². The van der Waals surface area contributed by atoms with E-state index in [1.165, 1.54) is 21.9 Å². The molecule has 0 aliphatic carbocycles. The molecule has 2 heterocycles. The number of halogens is 1. The minimum absolute atomic E-state index is 0.0715. The SMILES string of the molecule is O=C(CCNS(=O)(=O)c1cccc(F)c1)N1CCC(N2C(=O)CSC2=O)C1. The van der Waals surface area contributed by atoms with Crippen molar-refractivity contribution < 1.29 is 27.2 Å². The number of likely N-dealkylation sites (tertiary alicyclic amines) is 1. The number of benzene rings is 1. The predicted molar refractivity (Wildman–Crippen MR) is 95.9 cm³/mol. The molecule has 2 aliphatic heterocycles. The Kier molecular flexibility index (Phi) is 5.82. The van der Waals surface area contributed by atoms with E-state index in [0.717, 1.165) is 23.9 Å². The van der Waals surface area contributed by atoms with E-state index in [4.69, 9.17) is 0 Å². The summed E-state index contributed by atoms with van der Waals surface area (Å²) < 4.78 is 39.6. The van der Waals surface area contributed by atoms with Crippen molar-refractivity contribution in [3.63, 3.8) is 0 Å². The fourth-order valence-corrected chi connectivity index (χ4v) is 4.90. The molecular formula is C16H18FN3O5S2. The van der Waals surface area contributed by atoms with Crippen molar-refractivity contribution in [1.82, 2.24) is 14.5 Å². The number of carbonyl (C=O) groups is 3. The zero-order chi connectivity index (χ0) is 19.6. The van der Waals surface area contributed by atoms with Crippen molar-refractivity contribution >= 4 is 38.8 Å². The van der Waals surface area contributed by atoms with E-state index < -0.39 is 15.8 Å². The van der Waals surface area contributed by atoms with Gasteiger partial charge in [-0.15, -0.1) is 0 Å². The van der Waals surface area contributed by atoms with Gasteiger partial charge in [0.15, 0.2) is 0 Å². The van der Waals surface area contributed by atoms with Gasteiger partial charge in [-0.1, -0.05) is 17.8 Å². The molecule has 0 bridgehead atoms. The molecule has 1 N–H and O–H groups in total. The zero-order valence-electron chi connectivity index (χ0n) is 14.3. The summed E-state index contributed by atoms with van der Waals surface area (Å²) in [6.07, 6.45) is 0.441. The lowest BCUT2D eigenvalue weighted by molar-refractivity contribution is -0.131. The second-order valence-corrected chi connectivity index (χ2v) is 8.90. The van der Waals surface area contributed by atoms with Crippen LogP contribution in [0.25, 0.3) is 0 Å². The average molecular weight is 415 g/mol. The van der Waals surface area contributed by atoms with Crippen LogP contribution < -0.4 is 4.72 Å². The number of sulfonamides is 1. The third-order valence-electron chi connectivity index (χ3n) is 4.40. The first-order chi connectivity index (χ1) is 12.8. The van der Waals surface area contributed by atoms with Crippen LogP contribution in [0.5, 0.6) is 0 Å². The van der Waals surface area contributed by atoms with Gasteiger partial charge < -0.3 is 4.90 Å². The number of thioether (sulfide) groups is 1. The molecule has 11 heteroatoms. The van der Waals surface area contributed by atoms with Gasteiger partial charge in [0.2, 0.25) is 21.8 Å². The Hall–Kier alpha value is -1.98. The maximum absolute atomic E-state index is 13.2. The molecule has 8 nitrogen and oxygen atoms in total. The molecule has 1 aromatic rings. The van der Waals surface area contributed by atoms with Crippen LogP contribution >= 0.6 is 11.8 Å². The Labute approximate surface area is 160 Å². The van der Waals surface area contributed by atoms with E-state index in [-0.39, 0.29) is 53.3 Å². The zero-order valence-corrected chi connectivity index (χ0v) is 15.9. The quantitative estimate of drug-likeness (QED) is 0.737. The van der Waals surface area contributed by atoms with Crippen LogP contribution in [0.15, 0.2) is 29.2 Å². The molecule has 1 aromatic carbocycles. The third-order valence-corrected chi connectivity index (χ3v) is 6.70. The number of hydrogen-bond donors (Lipinski definition) is 1. The largest absolute Gasteiger partial charge is 0.340 e. The molecule has 146 valence electrons. The van der Waals surface area contributed by atoms with Crippen molar-refractivity contribution in [2.24, 2.45) is 0 Å². The number of imide groups is 1. The van der Waals surface area contributed by atoms with Crippen LogP contribution in [0, 0.1) is 5.82 Å². The summed E-state index contributed by atoms with van der Waals surface area (Å²) in [5.74, 6) is -1.05. The fourth-order valence-electron chi connectivity index (χ4n) is 3.06. The van der Waals surface area contributed by atoms with Gasteiger partial charge in [-0.3, -0.25) is 19.3 Å². The van der Waals surface area contributed by atoms with Gasteiger partial charge in [-0.2, -0.15) is 0 Å². The lowest BCUT2D eigenvalue weighted by Crippen LogP contribution is -2.42. The monoisotopic (exact) mass is 415 g/mol. The molecule has 2 aliphatic rings. The Morgan fingerprint density at radius 2 is 2.11 bits per heavy atom. The van der Waals surface area contributed by atoms with Crippen molar-refractivity contribution in [3.8, 4) is 0 Å². The van der Waals surface area contributed by atoms with Crippen LogP contribution in [-0.2, 0) is 19.6 Å². The van der Waals surface area contributed by atoms with Gasteiger partial charge in [0.05, 0.1) is 16.7 Å². The average Bonchev–Trinajstić information content (AvgIpc) is 3.21. The fraction of sp³-hybridized carbons (Fsp3) is 0.438. The second kappa shape index (κ2) is 7.95. The highest BCUT2D eigenvalue weighted by molar-refractivity contribution is 8.14. The molecule has 1 atom stereocenters. The number of rotatable bonds is 6. The predicted octanol–water partition coefficient (Wildman–Crippen LogP) is 0.790. The standard InChI is InChI=1S/C16H18FN3O5S2/c17-11-2-1-3-13(8-11)27(24,25)18-6-4-14(21)19-7-5-12(9-19)20-15(22)10-26-16(20)23/h1-3,8,12,18H,4-7,9-10H2. The number of carbonyl (C=O) groups excluding carboxylic acids is 3. The number of nitrogens with zero attached hydrogens (tertiary/aromatic N) is 2. The second-order valence-electron chi connectivity index (χ2n) is 6.21. The molecule has 2 saturated heterocycles. The van der Waals surface area contributed by atoms with E-state index in [0.29, 0.717) is 13.0 Å². The Morgan fingerprint density at radius 3 is 2.78 bits per heavy atom. The topological polar surface area (TPSA) is 104 Å². The highest BCUT2D eigenvalue weighted by Gasteiger charge is 2.40. The molecule has 3 rings (SSSR count). The maximum atomic E-state index is 13.2. The van der Waals surface area contributed by atoms with Gasteiger partial charge in [0.1, 0.15) is 5.82 Å². The number of amides is 3. The summed E-state index contributed by atoms with van der Waals surface area (Å²) in [5, 5.41) is -0.290. The van der Waals surface area contributed by atoms with Gasteiger partial charge in [0, 0.05) is 26.1 Å². The van der Waals surface area contributed by atoms with Crippen molar-refractivity contribution in [2.75, 3.05) is 25.4 Å². The lowest BCUT2D eigenvalue weighted by Gasteiger charge is -2.22. The summed E-state index contributed by atoms with van der Waals surface area (Å²) >= 11 is 0.956. The van der Waals surface area contributed by atoms with Gasteiger partial charge in [-0.25, -0.2) is 17.5 Å². The first-order valence-electron chi connectivity index (χ1n) is 8.30. The Balaban J connectivity index is 1.50. The van der Waals surface area contributed by atoms with Gasteiger partial charge in [0.25, 0.3) is 5.24 Å². The van der Waals surface area contributed by atoms with Gasteiger partial charge in [-0.05, 0) is 24.6 Å². The molecule has 0 spiro atoms. The van der Waals surface area contributed by atoms with E-state index in [2.05, 4.69) is 4.72 Å². The number of nitrogens with one attached hydrogen (secondary N) is 1. The molecule has 2 fully saturated rings. The Morgan fingerprint density at radius 1 is 1.33 bits per heavy atom. The van der Waals surface area contributed by atoms with E-state index in [1.54, 1.807) is 0 Å². The van der Waals surface area contributed by atoms with Crippen molar-refractivity contribution in [3.05, 3.63) is 30.1 Å². The molecule has 0 saturated carbocycles. The maximum Gasteiger partial charge on any atom is 0.289 e. The summed E-state index contributed by atoms with van der Waals surface area (Å²) in [7, 11) is -3.90. The summed E-state index contributed by atoms with van der Waals surface area (Å²) in [6.45, 7) is 0.533. The van der Waals surface area contributed by atoms with Crippen LogP contribution in [0.4, 0.5) is 9.18 Å². The first kappa shape index (κ1) is 19.8.